The van der Waals surface area contributed by atoms with E-state index in [2.05, 4.69) is 279 Å². The summed E-state index contributed by atoms with van der Waals surface area (Å²) >= 11 is 0. The Kier molecular flexibility index (Phi) is 15.2. The predicted octanol–water partition coefficient (Wildman–Crippen LogP) is 17.5. The van der Waals surface area contributed by atoms with Crippen LogP contribution in [0.2, 0.25) is 0 Å². The summed E-state index contributed by atoms with van der Waals surface area (Å²) < 4.78 is 9.51. The first-order valence-electron chi connectivity index (χ1n) is 28.4. The first kappa shape index (κ1) is 54.2. The third kappa shape index (κ3) is 11.3. The van der Waals surface area contributed by atoms with Crippen LogP contribution in [0.3, 0.4) is 0 Å². The standard InChI is InChI=1S/C71H71B2N7O/c1-47(2)53-21-17-22-54(48(3)4)68(53)61-43-51(44-67(77-61)81-52-30-31-55-58-41-49(70(5,6)7)29-32-62(58)80(65(55)45-52)66-42-50(33-40-76-66)71(8,9)10)78-46-79(64-28-12-11-27-63(64)78)69-56(59-25-19-38-74-36-15-13-34-72-59)23-18-24-57(69)60-26-20-39-75-37-16-14-35-73-60/h11-45,47-48,74-75H,46H2,1-10H3/b34-13-,35-14-,36-15-,37-16-,38-19-,39-20-,59-25-,60-26-. The number of nitrogens with one attached hydrogen (secondary N) is 2. The van der Waals surface area contributed by atoms with Crippen LogP contribution < -0.4 is 25.2 Å². The number of ether oxygens (including phenoxy) is 1. The molecule has 2 radical (unpaired) electrons. The van der Waals surface area contributed by atoms with Gasteiger partial charge in [0, 0.05) is 59.5 Å². The quantitative estimate of drug-likeness (QED) is 0.132. The normalized spacial score (nSPS) is 18.3. The minimum absolute atomic E-state index is 0.0319. The topological polar surface area (TPSA) is 70.5 Å². The Labute approximate surface area is 480 Å². The molecule has 8 nitrogen and oxygen atoms in total. The highest BCUT2D eigenvalue weighted by Crippen LogP contribution is 2.50. The monoisotopic (exact) mass is 1060 g/mol. The lowest BCUT2D eigenvalue weighted by Gasteiger charge is -2.29. The molecule has 3 aliphatic heterocycles. The van der Waals surface area contributed by atoms with Gasteiger partial charge in [-0.05, 0) is 135 Å². The van der Waals surface area contributed by atoms with Crippen molar-refractivity contribution in [3.8, 4) is 28.7 Å². The summed E-state index contributed by atoms with van der Waals surface area (Å²) in [6.07, 6.45) is 26.3. The van der Waals surface area contributed by atoms with Crippen LogP contribution >= 0.6 is 0 Å². The summed E-state index contributed by atoms with van der Waals surface area (Å²) in [4.78, 5) is 15.5. The Morgan fingerprint density at radius 3 is 1.79 bits per heavy atom. The van der Waals surface area contributed by atoms with Crippen LogP contribution in [0.5, 0.6) is 11.6 Å². The van der Waals surface area contributed by atoms with E-state index in [1.54, 1.807) is 0 Å². The third-order valence-electron chi connectivity index (χ3n) is 15.4. The van der Waals surface area contributed by atoms with Gasteiger partial charge in [0.25, 0.3) is 0 Å². The van der Waals surface area contributed by atoms with Crippen molar-refractivity contribution in [1.82, 2.24) is 25.2 Å². The van der Waals surface area contributed by atoms with Crippen LogP contribution in [-0.4, -0.2) is 35.8 Å². The molecule has 11 rings (SSSR count). The number of aromatic nitrogens is 3. The van der Waals surface area contributed by atoms with Gasteiger partial charge in [0.15, 0.2) is 14.6 Å². The smallest absolute Gasteiger partial charge is 0.221 e. The minimum Gasteiger partial charge on any atom is -0.439 e. The summed E-state index contributed by atoms with van der Waals surface area (Å²) in [5.41, 5.74) is 17.5. The molecule has 0 unspecified atom stereocenters. The molecule has 3 aliphatic rings. The van der Waals surface area contributed by atoms with E-state index in [0.29, 0.717) is 18.3 Å². The predicted molar refractivity (Wildman–Crippen MR) is 345 cm³/mol. The van der Waals surface area contributed by atoms with E-state index in [9.17, 15) is 0 Å². The molecule has 2 N–H and O–H groups in total. The zero-order valence-electron chi connectivity index (χ0n) is 48.4. The van der Waals surface area contributed by atoms with E-state index in [0.717, 1.165) is 78.3 Å². The number of hydrogen-bond donors (Lipinski definition) is 2. The van der Waals surface area contributed by atoms with Gasteiger partial charge >= 0.3 is 0 Å². The molecule has 0 fully saturated rings. The molecule has 3 aromatic heterocycles. The molecule has 0 aliphatic carbocycles. The van der Waals surface area contributed by atoms with E-state index < -0.39 is 0 Å². The van der Waals surface area contributed by atoms with Crippen molar-refractivity contribution in [3.05, 3.63) is 246 Å². The summed E-state index contributed by atoms with van der Waals surface area (Å²) in [5, 5.41) is 8.84. The molecule has 0 saturated heterocycles. The molecule has 402 valence electrons. The number of pyridine rings is 2. The molecule has 0 atom stereocenters. The average molecular weight is 1060 g/mol. The highest BCUT2D eigenvalue weighted by atomic mass is 16.5. The second-order valence-corrected chi connectivity index (χ2v) is 23.7. The lowest BCUT2D eigenvalue weighted by Crippen LogP contribution is -2.26. The molecule has 6 heterocycles. The van der Waals surface area contributed by atoms with Crippen molar-refractivity contribution in [2.24, 2.45) is 0 Å². The molecule has 8 aromatic rings. The fraction of sp³-hybridized carbons (Fsp3) is 0.211. The van der Waals surface area contributed by atoms with Gasteiger partial charge in [-0.1, -0.05) is 159 Å². The number of nitrogens with zero attached hydrogens (tertiary/aromatic N) is 5. The zero-order valence-corrected chi connectivity index (χ0v) is 48.4. The fourth-order valence-corrected chi connectivity index (χ4v) is 11.2. The highest BCUT2D eigenvalue weighted by molar-refractivity contribution is 6.67. The van der Waals surface area contributed by atoms with Crippen LogP contribution in [0, 0.1) is 0 Å². The van der Waals surface area contributed by atoms with Crippen molar-refractivity contribution in [2.45, 2.75) is 91.9 Å². The van der Waals surface area contributed by atoms with Gasteiger partial charge in [-0.3, -0.25) is 4.57 Å². The third-order valence-corrected chi connectivity index (χ3v) is 15.4. The number of benzene rings is 5. The number of para-hydroxylation sites is 3. The SMILES string of the molecule is CC(C)c1cccc(C(C)C)c1-c1cc(N2CN(c3c(/C4=C/C=C\N/C=C\C=C/[B]4)cccc3/C3=C/C=C\N/C=C\C=C/[B]3)c3ccccc32)cc(Oc2ccc3c4cc(C(C)(C)C)ccc4n(-c4cc(C(C)(C)C)ccn4)c3c2)n1. The Bertz CT molecular complexity index is 3850. The molecular formula is C71H71B2N7O. The molecule has 0 bridgehead atoms. The molecule has 81 heavy (non-hydrogen) atoms. The average Bonchev–Trinajstić information content (AvgIpc) is 3.52. The van der Waals surface area contributed by atoms with Crippen molar-refractivity contribution < 1.29 is 4.74 Å². The van der Waals surface area contributed by atoms with Gasteiger partial charge in [0.1, 0.15) is 18.2 Å². The first-order chi connectivity index (χ1) is 39.1. The zero-order chi connectivity index (χ0) is 56.4. The van der Waals surface area contributed by atoms with Crippen LogP contribution in [0.1, 0.15) is 114 Å². The maximum Gasteiger partial charge on any atom is 0.221 e. The summed E-state index contributed by atoms with van der Waals surface area (Å²) in [5.74, 6) is 6.74. The fourth-order valence-electron chi connectivity index (χ4n) is 11.2. The van der Waals surface area contributed by atoms with Crippen LogP contribution in [0.4, 0.5) is 22.7 Å². The van der Waals surface area contributed by atoms with E-state index in [1.165, 1.54) is 27.6 Å². The molecule has 5 aromatic carbocycles. The van der Waals surface area contributed by atoms with Gasteiger partial charge in [0.05, 0.1) is 39.5 Å². The van der Waals surface area contributed by atoms with Crippen molar-refractivity contribution >= 4 is 70.1 Å². The van der Waals surface area contributed by atoms with Crippen LogP contribution in [0.15, 0.2) is 213 Å². The number of hydrogen-bond acceptors (Lipinski definition) is 7. The summed E-state index contributed by atoms with van der Waals surface area (Å²) in [6, 6.07) is 44.2. The maximum atomic E-state index is 7.22. The number of allylic oxidation sites excluding steroid dienone is 8. The second-order valence-electron chi connectivity index (χ2n) is 23.7. The van der Waals surface area contributed by atoms with Crippen molar-refractivity contribution in [2.75, 3.05) is 16.5 Å². The van der Waals surface area contributed by atoms with Crippen LogP contribution in [0.25, 0.3) is 49.8 Å². The van der Waals surface area contributed by atoms with Crippen molar-refractivity contribution in [3.63, 3.8) is 0 Å². The molecule has 0 spiro atoms. The Morgan fingerprint density at radius 1 is 0.556 bits per heavy atom. The molecule has 10 heteroatoms. The molecule has 0 saturated carbocycles. The summed E-state index contributed by atoms with van der Waals surface area (Å²) in [7, 11) is 4.39. The lowest BCUT2D eigenvalue weighted by atomic mass is 9.63. The molecule has 0 amide bonds. The minimum atomic E-state index is -0.0656. The number of rotatable bonds is 10. The van der Waals surface area contributed by atoms with Gasteiger partial charge in [-0.15, -0.1) is 12.0 Å². The number of anilines is 4. The largest absolute Gasteiger partial charge is 0.439 e. The van der Waals surface area contributed by atoms with Crippen molar-refractivity contribution in [1.29, 1.82) is 0 Å². The van der Waals surface area contributed by atoms with Gasteiger partial charge < -0.3 is 25.2 Å². The summed E-state index contributed by atoms with van der Waals surface area (Å²) in [6.45, 7) is 23.2. The maximum absolute atomic E-state index is 7.22. The Morgan fingerprint density at radius 2 is 1.16 bits per heavy atom. The second kappa shape index (κ2) is 22.8. The van der Waals surface area contributed by atoms with E-state index in [1.807, 2.05) is 43.1 Å². The highest BCUT2D eigenvalue weighted by Gasteiger charge is 2.33. The number of fused-ring (bicyclic) bond motifs is 4. The van der Waals surface area contributed by atoms with E-state index >= 15 is 0 Å². The molecular weight excluding hydrogens is 988 g/mol. The Balaban J connectivity index is 1.10. The van der Waals surface area contributed by atoms with Gasteiger partial charge in [-0.25, -0.2) is 9.97 Å². The van der Waals surface area contributed by atoms with E-state index in [-0.39, 0.29) is 22.7 Å². The lowest BCUT2D eigenvalue weighted by molar-refractivity contribution is 0.464. The first-order valence-corrected chi connectivity index (χ1v) is 28.4. The van der Waals surface area contributed by atoms with Gasteiger partial charge in [0.2, 0.25) is 5.88 Å². The van der Waals surface area contributed by atoms with Gasteiger partial charge in [-0.2, -0.15) is 0 Å². The van der Waals surface area contributed by atoms with E-state index in [4.69, 9.17) is 14.7 Å². The Hall–Kier alpha value is -8.75. The van der Waals surface area contributed by atoms with Crippen LogP contribution in [-0.2, 0) is 10.8 Å².